The Morgan fingerprint density at radius 1 is 1.09 bits per heavy atom. The van der Waals surface area contributed by atoms with Crippen molar-refractivity contribution in [3.63, 3.8) is 0 Å². The van der Waals surface area contributed by atoms with Gasteiger partial charge >= 0.3 is 0 Å². The van der Waals surface area contributed by atoms with Gasteiger partial charge in [0.25, 0.3) is 5.91 Å². The van der Waals surface area contributed by atoms with Gasteiger partial charge in [-0.3, -0.25) is 14.6 Å². The van der Waals surface area contributed by atoms with Crippen LogP contribution in [-0.4, -0.2) is 21.7 Å². The molecular weight excluding hydrogens is 443 g/mol. The zero-order valence-corrected chi connectivity index (χ0v) is 18.8. The summed E-state index contributed by atoms with van der Waals surface area (Å²) in [4.78, 5) is 33.6. The lowest BCUT2D eigenvalue weighted by molar-refractivity contribution is -0.127. The van der Waals surface area contributed by atoms with Crippen LogP contribution in [0.3, 0.4) is 0 Å². The molecule has 1 amide bonds. The summed E-state index contributed by atoms with van der Waals surface area (Å²) >= 11 is 0. The minimum atomic E-state index is -0.986. The molecule has 34 heavy (non-hydrogen) atoms. The van der Waals surface area contributed by atoms with Crippen LogP contribution >= 0.6 is 0 Å². The first-order valence-electron chi connectivity index (χ1n) is 11.2. The summed E-state index contributed by atoms with van der Waals surface area (Å²) in [6.45, 7) is 4.07. The highest BCUT2D eigenvalue weighted by molar-refractivity contribution is 6.03. The van der Waals surface area contributed by atoms with Crippen LogP contribution in [0, 0.1) is 29.3 Å². The van der Waals surface area contributed by atoms with Gasteiger partial charge in [-0.2, -0.15) is 0 Å². The molecule has 3 unspecified atom stereocenters. The summed E-state index contributed by atoms with van der Waals surface area (Å²) < 4.78 is 42.8. The number of nitrogens with zero attached hydrogens (tertiary/aromatic N) is 2. The number of hydrogen-bond donors (Lipinski definition) is 1. The molecule has 2 aromatic heterocycles. The molecule has 0 spiro atoms. The number of rotatable bonds is 5. The third kappa shape index (κ3) is 4.58. The van der Waals surface area contributed by atoms with Crippen LogP contribution in [0.1, 0.15) is 55.1 Å². The number of Topliss-reactive ketones (excluding diaryl/α,β-unsaturated/α-hetero) is 1. The van der Waals surface area contributed by atoms with Crippen molar-refractivity contribution in [3.05, 3.63) is 77.5 Å². The maximum absolute atomic E-state index is 14.4. The first-order chi connectivity index (χ1) is 16.3. The molecule has 176 valence electrons. The Balaban J connectivity index is 1.62. The van der Waals surface area contributed by atoms with E-state index in [0.717, 1.165) is 48.7 Å². The molecule has 0 saturated heterocycles. The van der Waals surface area contributed by atoms with Gasteiger partial charge in [0.05, 0.1) is 17.4 Å². The van der Waals surface area contributed by atoms with Crippen LogP contribution in [-0.2, 0) is 4.79 Å². The molecule has 0 aliphatic heterocycles. The van der Waals surface area contributed by atoms with E-state index in [-0.39, 0.29) is 29.2 Å². The molecule has 3 atom stereocenters. The van der Waals surface area contributed by atoms with Crippen molar-refractivity contribution in [2.24, 2.45) is 11.8 Å². The average Bonchev–Trinajstić information content (AvgIpc) is 2.80. The average molecular weight is 467 g/mol. The first-order valence-corrected chi connectivity index (χ1v) is 11.2. The standard InChI is InChI=1S/C26H24F3N3O2/c1-3-16-14(2)11-15(12-23(16)33)17-9-10-30-13-22(17)32-26(34)21-8-7-20(29)25(31-21)24-18(27)5-4-6-19(24)28/h4-10,13-16H,3,11-12H2,1-2H3,(H,32,34). The Morgan fingerprint density at radius 2 is 1.82 bits per heavy atom. The summed E-state index contributed by atoms with van der Waals surface area (Å²) in [5.41, 5.74) is -0.255. The second-order valence-electron chi connectivity index (χ2n) is 8.64. The second kappa shape index (κ2) is 9.75. The minimum Gasteiger partial charge on any atom is -0.319 e. The van der Waals surface area contributed by atoms with Gasteiger partial charge in [-0.05, 0) is 60.6 Å². The minimum absolute atomic E-state index is 0.0387. The Morgan fingerprint density at radius 3 is 2.50 bits per heavy atom. The van der Waals surface area contributed by atoms with Crippen molar-refractivity contribution in [2.75, 3.05) is 5.32 Å². The topological polar surface area (TPSA) is 72.0 Å². The third-order valence-corrected chi connectivity index (χ3v) is 6.47. The van der Waals surface area contributed by atoms with E-state index in [9.17, 15) is 22.8 Å². The molecule has 0 bridgehead atoms. The number of benzene rings is 1. The summed E-state index contributed by atoms with van der Waals surface area (Å²) in [5, 5.41) is 2.72. The van der Waals surface area contributed by atoms with E-state index in [2.05, 4.69) is 22.2 Å². The van der Waals surface area contributed by atoms with Gasteiger partial charge in [-0.25, -0.2) is 18.2 Å². The number of carbonyl (C=O) groups excluding carboxylic acids is 2. The Labute approximate surface area is 195 Å². The zero-order chi connectivity index (χ0) is 24.4. The molecular formula is C26H24F3N3O2. The molecule has 5 nitrogen and oxygen atoms in total. The predicted octanol–water partition coefficient (Wildman–Crippen LogP) is 5.92. The van der Waals surface area contributed by atoms with Gasteiger partial charge in [0.2, 0.25) is 0 Å². The van der Waals surface area contributed by atoms with Gasteiger partial charge in [0.15, 0.2) is 0 Å². The Kier molecular flexibility index (Phi) is 6.77. The molecule has 0 radical (unpaired) electrons. The summed E-state index contributed by atoms with van der Waals surface area (Å²) in [7, 11) is 0. The SMILES string of the molecule is CCC1C(=O)CC(c2ccncc2NC(=O)c2ccc(F)c(-c3c(F)cccc3F)n2)CC1C. The Hall–Kier alpha value is -3.55. The zero-order valence-electron chi connectivity index (χ0n) is 18.8. The lowest BCUT2D eigenvalue weighted by Crippen LogP contribution is -2.30. The molecule has 1 saturated carbocycles. The normalized spacial score (nSPS) is 20.3. The molecule has 2 heterocycles. The summed E-state index contributed by atoms with van der Waals surface area (Å²) in [6.07, 6.45) is 5.05. The van der Waals surface area contributed by atoms with Crippen LogP contribution in [0.5, 0.6) is 0 Å². The van der Waals surface area contributed by atoms with Crippen LogP contribution in [0.15, 0.2) is 48.8 Å². The first kappa shape index (κ1) is 23.6. The maximum atomic E-state index is 14.4. The fourth-order valence-corrected chi connectivity index (χ4v) is 4.79. The van der Waals surface area contributed by atoms with Gasteiger partial charge in [0, 0.05) is 18.5 Å². The van der Waals surface area contributed by atoms with E-state index in [1.54, 1.807) is 12.3 Å². The highest BCUT2D eigenvalue weighted by atomic mass is 19.1. The van der Waals surface area contributed by atoms with Crippen molar-refractivity contribution in [2.45, 2.75) is 39.0 Å². The van der Waals surface area contributed by atoms with Crippen LogP contribution in [0.4, 0.5) is 18.9 Å². The van der Waals surface area contributed by atoms with Crippen LogP contribution in [0.25, 0.3) is 11.3 Å². The smallest absolute Gasteiger partial charge is 0.274 e. The highest BCUT2D eigenvalue weighted by Crippen LogP contribution is 2.41. The van der Waals surface area contributed by atoms with Crippen LogP contribution < -0.4 is 5.32 Å². The lowest BCUT2D eigenvalue weighted by atomic mass is 9.71. The molecule has 4 rings (SSSR count). The maximum Gasteiger partial charge on any atom is 0.274 e. The van der Waals surface area contributed by atoms with E-state index in [4.69, 9.17) is 0 Å². The van der Waals surface area contributed by atoms with Crippen LogP contribution in [0.2, 0.25) is 0 Å². The van der Waals surface area contributed by atoms with E-state index < -0.39 is 34.6 Å². The molecule has 3 aromatic rings. The number of halogens is 3. The number of pyridine rings is 2. The molecule has 8 heteroatoms. The number of hydrogen-bond acceptors (Lipinski definition) is 4. The molecule has 1 N–H and O–H groups in total. The predicted molar refractivity (Wildman–Crippen MR) is 122 cm³/mol. The van der Waals surface area contributed by atoms with Crippen molar-refractivity contribution in [1.82, 2.24) is 9.97 Å². The monoisotopic (exact) mass is 467 g/mol. The number of carbonyl (C=O) groups is 2. The van der Waals surface area contributed by atoms with E-state index in [1.807, 2.05) is 6.92 Å². The largest absolute Gasteiger partial charge is 0.319 e. The highest BCUT2D eigenvalue weighted by Gasteiger charge is 2.34. The molecule has 1 fully saturated rings. The summed E-state index contributed by atoms with van der Waals surface area (Å²) in [5.74, 6) is -3.23. The van der Waals surface area contributed by atoms with Gasteiger partial charge in [-0.15, -0.1) is 0 Å². The second-order valence-corrected chi connectivity index (χ2v) is 8.64. The lowest BCUT2D eigenvalue weighted by Gasteiger charge is -2.33. The van der Waals surface area contributed by atoms with Crippen molar-refractivity contribution >= 4 is 17.4 Å². The number of nitrogens with one attached hydrogen (secondary N) is 1. The quantitative estimate of drug-likeness (QED) is 0.506. The summed E-state index contributed by atoms with van der Waals surface area (Å²) in [6, 6.07) is 6.99. The fourth-order valence-electron chi connectivity index (χ4n) is 4.79. The molecule has 1 aliphatic carbocycles. The van der Waals surface area contributed by atoms with E-state index >= 15 is 0 Å². The fraction of sp³-hybridized carbons (Fsp3) is 0.308. The number of anilines is 1. The third-order valence-electron chi connectivity index (χ3n) is 6.47. The van der Waals surface area contributed by atoms with Crippen molar-refractivity contribution in [1.29, 1.82) is 0 Å². The molecule has 1 aliphatic rings. The Bertz CT molecular complexity index is 1230. The van der Waals surface area contributed by atoms with E-state index in [1.165, 1.54) is 6.20 Å². The van der Waals surface area contributed by atoms with Crippen molar-refractivity contribution in [3.8, 4) is 11.3 Å². The number of amides is 1. The number of aromatic nitrogens is 2. The molecule has 1 aromatic carbocycles. The van der Waals surface area contributed by atoms with Gasteiger partial charge < -0.3 is 5.32 Å². The van der Waals surface area contributed by atoms with Gasteiger partial charge in [0.1, 0.15) is 34.6 Å². The van der Waals surface area contributed by atoms with E-state index in [0.29, 0.717) is 12.1 Å². The van der Waals surface area contributed by atoms with Crippen molar-refractivity contribution < 1.29 is 22.8 Å². The van der Waals surface area contributed by atoms with Gasteiger partial charge in [-0.1, -0.05) is 19.9 Å². The number of ketones is 1.